The molecule has 0 bridgehead atoms. The van der Waals surface area contributed by atoms with Crippen LogP contribution in [0.3, 0.4) is 0 Å². The lowest BCUT2D eigenvalue weighted by molar-refractivity contribution is -0.137. The molecule has 1 N–H and O–H groups in total. The molecule has 3 aliphatic rings. The third-order valence-electron chi connectivity index (χ3n) is 7.60. The van der Waals surface area contributed by atoms with Crippen LogP contribution in [0.5, 0.6) is 23.0 Å². The molecule has 2 aliphatic heterocycles. The first-order valence-electron chi connectivity index (χ1n) is 12.9. The lowest BCUT2D eigenvalue weighted by Crippen LogP contribution is -2.13. The van der Waals surface area contributed by atoms with E-state index < -0.39 is 12.1 Å². The Bertz CT molecular complexity index is 1300. The van der Waals surface area contributed by atoms with Gasteiger partial charge in [-0.05, 0) is 67.5 Å². The minimum absolute atomic E-state index is 0.0233. The molecule has 37 heavy (non-hydrogen) atoms. The molecular weight excluding hydrogens is 475 g/mol. The highest BCUT2D eigenvalue weighted by atomic mass is 19.1. The van der Waals surface area contributed by atoms with Crippen LogP contribution < -0.4 is 14.2 Å². The van der Waals surface area contributed by atoms with Crippen molar-refractivity contribution in [3.63, 3.8) is 0 Å². The molecule has 2 heterocycles. The monoisotopic (exact) mass is 504 g/mol. The van der Waals surface area contributed by atoms with E-state index in [0.717, 1.165) is 42.9 Å². The van der Waals surface area contributed by atoms with Crippen LogP contribution in [-0.4, -0.2) is 30.9 Å². The normalized spacial score (nSPS) is 20.7. The molecule has 6 rings (SSSR count). The van der Waals surface area contributed by atoms with Crippen molar-refractivity contribution >= 4 is 5.97 Å². The molecule has 2 atom stereocenters. The number of hydrogen-bond donors (Lipinski definition) is 1. The van der Waals surface area contributed by atoms with E-state index in [-0.39, 0.29) is 18.2 Å². The molecular formula is C30H29FO6. The smallest absolute Gasteiger partial charge is 0.304 e. The van der Waals surface area contributed by atoms with Gasteiger partial charge in [0.05, 0.1) is 13.0 Å². The molecule has 7 heteroatoms. The van der Waals surface area contributed by atoms with Gasteiger partial charge in [-0.15, -0.1) is 0 Å². The van der Waals surface area contributed by atoms with Gasteiger partial charge in [0.1, 0.15) is 34.9 Å². The van der Waals surface area contributed by atoms with Crippen molar-refractivity contribution in [1.29, 1.82) is 0 Å². The van der Waals surface area contributed by atoms with Crippen molar-refractivity contribution in [3.05, 3.63) is 82.7 Å². The van der Waals surface area contributed by atoms with E-state index in [1.54, 1.807) is 18.2 Å². The molecule has 0 spiro atoms. The van der Waals surface area contributed by atoms with Gasteiger partial charge in [-0.3, -0.25) is 4.79 Å². The third-order valence-corrected chi connectivity index (χ3v) is 7.60. The van der Waals surface area contributed by atoms with E-state index in [1.807, 2.05) is 18.2 Å². The fourth-order valence-electron chi connectivity index (χ4n) is 5.70. The molecule has 6 nitrogen and oxygen atoms in total. The molecule has 0 aromatic heterocycles. The summed E-state index contributed by atoms with van der Waals surface area (Å²) in [6, 6.07) is 16.7. The van der Waals surface area contributed by atoms with E-state index >= 15 is 0 Å². The quantitative estimate of drug-likeness (QED) is 0.394. The van der Waals surface area contributed by atoms with E-state index in [1.165, 1.54) is 11.6 Å². The second kappa shape index (κ2) is 10.1. The minimum Gasteiger partial charge on any atom is -0.492 e. The second-order valence-electron chi connectivity index (χ2n) is 9.95. The first-order valence-corrected chi connectivity index (χ1v) is 12.9. The maximum absolute atomic E-state index is 15.0. The van der Waals surface area contributed by atoms with Crippen molar-refractivity contribution < 1.29 is 33.2 Å². The molecule has 1 saturated heterocycles. The SMILES string of the molecule is O=C(O)C[C@@H]1COc2cc(O[C@@H]3CCc4c(Oc5ccc(C6CCOCC6)cc5)ccc(F)c43)ccc21. The number of carbonyl (C=O) groups is 1. The average molecular weight is 505 g/mol. The van der Waals surface area contributed by atoms with Crippen molar-refractivity contribution in [3.8, 4) is 23.0 Å². The molecule has 0 amide bonds. The zero-order chi connectivity index (χ0) is 25.4. The molecule has 3 aromatic rings. The highest BCUT2D eigenvalue weighted by Crippen LogP contribution is 2.44. The summed E-state index contributed by atoms with van der Waals surface area (Å²) < 4.78 is 38.6. The Kier molecular flexibility index (Phi) is 6.47. The third kappa shape index (κ3) is 4.88. The molecule has 1 aliphatic carbocycles. The summed E-state index contributed by atoms with van der Waals surface area (Å²) in [6.07, 6.45) is 2.93. The van der Waals surface area contributed by atoms with Crippen molar-refractivity contribution in [2.75, 3.05) is 19.8 Å². The number of carboxylic acid groups (broad SMARTS) is 1. The molecule has 192 valence electrons. The van der Waals surface area contributed by atoms with Crippen molar-refractivity contribution in [2.24, 2.45) is 0 Å². The predicted octanol–water partition coefficient (Wildman–Crippen LogP) is 6.53. The Labute approximate surface area is 214 Å². The fraction of sp³-hybridized carbons (Fsp3) is 0.367. The van der Waals surface area contributed by atoms with Crippen LogP contribution in [0, 0.1) is 5.82 Å². The van der Waals surface area contributed by atoms with Crippen LogP contribution >= 0.6 is 0 Å². The number of hydrogen-bond acceptors (Lipinski definition) is 5. The number of aliphatic carboxylic acids is 1. The van der Waals surface area contributed by atoms with Crippen LogP contribution in [0.2, 0.25) is 0 Å². The highest BCUT2D eigenvalue weighted by Gasteiger charge is 2.32. The van der Waals surface area contributed by atoms with E-state index in [9.17, 15) is 9.18 Å². The summed E-state index contributed by atoms with van der Waals surface area (Å²) in [6.45, 7) is 1.94. The number of carboxylic acids is 1. The van der Waals surface area contributed by atoms with Crippen LogP contribution in [0.1, 0.15) is 65.9 Å². The average Bonchev–Trinajstić information content (AvgIpc) is 3.51. The number of benzene rings is 3. The molecule has 1 fully saturated rings. The summed E-state index contributed by atoms with van der Waals surface area (Å²) in [5, 5.41) is 9.11. The molecule has 0 unspecified atom stereocenters. The standard InChI is InChI=1S/C30H29FO6/c31-25-8-10-26(36-21-3-1-18(2-4-21)19-11-13-34-14-12-19)24-7-9-27(30(24)25)37-22-5-6-23-20(15-29(32)33)17-35-28(23)16-22/h1-6,8,10,16,19-20,27H,7,9,11-15,17H2,(H,32,33)/t20-,27-/m1/s1. The summed E-state index contributed by atoms with van der Waals surface area (Å²) >= 11 is 0. The first-order chi connectivity index (χ1) is 18.0. The zero-order valence-electron chi connectivity index (χ0n) is 20.5. The molecule has 3 aromatic carbocycles. The van der Waals surface area contributed by atoms with Gasteiger partial charge in [0.25, 0.3) is 0 Å². The molecule has 0 saturated carbocycles. The van der Waals surface area contributed by atoms with Gasteiger partial charge in [-0.2, -0.15) is 0 Å². The summed E-state index contributed by atoms with van der Waals surface area (Å²) in [5.41, 5.74) is 3.52. The fourth-order valence-corrected chi connectivity index (χ4v) is 5.70. The van der Waals surface area contributed by atoms with Crippen LogP contribution in [0.4, 0.5) is 4.39 Å². The Balaban J connectivity index is 1.18. The van der Waals surface area contributed by atoms with Crippen molar-refractivity contribution in [2.45, 2.75) is 50.0 Å². The maximum atomic E-state index is 15.0. The number of fused-ring (bicyclic) bond motifs is 2. The van der Waals surface area contributed by atoms with Crippen LogP contribution in [0.25, 0.3) is 0 Å². The maximum Gasteiger partial charge on any atom is 0.304 e. The van der Waals surface area contributed by atoms with Gasteiger partial charge in [0.15, 0.2) is 0 Å². The summed E-state index contributed by atoms with van der Waals surface area (Å²) in [5.74, 6) is 1.76. The predicted molar refractivity (Wildman–Crippen MR) is 134 cm³/mol. The van der Waals surface area contributed by atoms with Crippen LogP contribution in [-0.2, 0) is 16.0 Å². The van der Waals surface area contributed by atoms with Gasteiger partial charge >= 0.3 is 5.97 Å². The van der Waals surface area contributed by atoms with Gasteiger partial charge in [0, 0.05) is 41.9 Å². The number of ether oxygens (including phenoxy) is 4. The lowest BCUT2D eigenvalue weighted by Gasteiger charge is -2.22. The lowest BCUT2D eigenvalue weighted by atomic mass is 9.92. The van der Waals surface area contributed by atoms with Gasteiger partial charge in [-0.1, -0.05) is 18.2 Å². The minimum atomic E-state index is -0.854. The Morgan fingerprint density at radius 2 is 1.78 bits per heavy atom. The first kappa shape index (κ1) is 23.8. The van der Waals surface area contributed by atoms with Gasteiger partial charge in [-0.25, -0.2) is 4.39 Å². The second-order valence-corrected chi connectivity index (χ2v) is 9.95. The van der Waals surface area contributed by atoms with Gasteiger partial charge < -0.3 is 24.1 Å². The number of rotatable bonds is 7. The highest BCUT2D eigenvalue weighted by molar-refractivity contribution is 5.68. The van der Waals surface area contributed by atoms with Crippen molar-refractivity contribution in [1.82, 2.24) is 0 Å². The Morgan fingerprint density at radius 3 is 2.57 bits per heavy atom. The Hall–Kier alpha value is -3.58. The van der Waals surface area contributed by atoms with E-state index in [4.69, 9.17) is 24.1 Å². The topological polar surface area (TPSA) is 74.2 Å². The van der Waals surface area contributed by atoms with E-state index in [0.29, 0.717) is 48.2 Å². The Morgan fingerprint density at radius 1 is 1.00 bits per heavy atom. The summed E-state index contributed by atoms with van der Waals surface area (Å²) in [4.78, 5) is 11.1. The molecule has 0 radical (unpaired) electrons. The summed E-state index contributed by atoms with van der Waals surface area (Å²) in [7, 11) is 0. The van der Waals surface area contributed by atoms with E-state index in [2.05, 4.69) is 12.1 Å². The zero-order valence-corrected chi connectivity index (χ0v) is 20.5. The van der Waals surface area contributed by atoms with Crippen LogP contribution in [0.15, 0.2) is 54.6 Å². The largest absolute Gasteiger partial charge is 0.492 e. The van der Waals surface area contributed by atoms with Gasteiger partial charge in [0.2, 0.25) is 0 Å². The number of halogens is 1.